The Morgan fingerprint density at radius 2 is 2.04 bits per heavy atom. The van der Waals surface area contributed by atoms with Gasteiger partial charge in [0.1, 0.15) is 6.26 Å². The Balaban J connectivity index is 1.47. The third-order valence-electron chi connectivity index (χ3n) is 4.78. The molecule has 8 heteroatoms. The molecule has 1 saturated heterocycles. The fraction of sp³-hybridized carbons (Fsp3) is 0.389. The summed E-state index contributed by atoms with van der Waals surface area (Å²) in [4.78, 5) is 21.4. The minimum absolute atomic E-state index is 0.0790. The normalized spacial score (nSPS) is 15.7. The molecule has 3 aromatic rings. The van der Waals surface area contributed by atoms with Gasteiger partial charge in [-0.15, -0.1) is 0 Å². The van der Waals surface area contributed by atoms with Gasteiger partial charge in [0, 0.05) is 44.0 Å². The smallest absolute Gasteiger partial charge is 0.261 e. The van der Waals surface area contributed by atoms with Crippen molar-refractivity contribution in [2.75, 3.05) is 37.7 Å². The molecule has 1 aliphatic heterocycles. The number of fused-ring (bicyclic) bond motifs is 1. The molecule has 0 spiro atoms. The molecule has 0 amide bonds. The number of anilines is 1. The standard InChI is InChI=1S/C18H21N5O3/c24-8-7-23-13-19-17-9-15(1-2-16(17)18(23)25)22-5-3-21(4-6-22)11-14-10-20-26-12-14/h1-2,9-10,12-13,24H,3-8,11H2. The summed E-state index contributed by atoms with van der Waals surface area (Å²) >= 11 is 0. The van der Waals surface area contributed by atoms with E-state index in [2.05, 4.69) is 19.9 Å². The number of benzene rings is 1. The van der Waals surface area contributed by atoms with E-state index in [0.29, 0.717) is 10.9 Å². The van der Waals surface area contributed by atoms with E-state index in [4.69, 9.17) is 9.63 Å². The fourth-order valence-corrected chi connectivity index (χ4v) is 3.34. The zero-order valence-corrected chi connectivity index (χ0v) is 14.4. The summed E-state index contributed by atoms with van der Waals surface area (Å²) in [6, 6.07) is 5.78. The average Bonchev–Trinajstić information content (AvgIpc) is 3.18. The molecule has 0 aliphatic carbocycles. The predicted molar refractivity (Wildman–Crippen MR) is 97.1 cm³/mol. The molecule has 4 rings (SSSR count). The van der Waals surface area contributed by atoms with E-state index >= 15 is 0 Å². The molecule has 136 valence electrons. The maximum atomic E-state index is 12.4. The van der Waals surface area contributed by atoms with Crippen LogP contribution >= 0.6 is 0 Å². The second-order valence-electron chi connectivity index (χ2n) is 6.46. The SMILES string of the molecule is O=c1c2ccc(N3CCN(Cc4cnoc4)CC3)cc2ncn1CCO. The van der Waals surface area contributed by atoms with Crippen molar-refractivity contribution in [3.05, 3.63) is 52.9 Å². The molecule has 1 N–H and O–H groups in total. The van der Waals surface area contributed by atoms with E-state index in [-0.39, 0.29) is 18.7 Å². The quantitative estimate of drug-likeness (QED) is 0.721. The Kier molecular flexibility index (Phi) is 4.68. The van der Waals surface area contributed by atoms with E-state index in [1.54, 1.807) is 12.5 Å². The van der Waals surface area contributed by atoms with Gasteiger partial charge in [0.15, 0.2) is 0 Å². The lowest BCUT2D eigenvalue weighted by Crippen LogP contribution is -2.45. The van der Waals surface area contributed by atoms with Crippen LogP contribution in [-0.2, 0) is 13.1 Å². The summed E-state index contributed by atoms with van der Waals surface area (Å²) in [5.41, 5.74) is 2.74. The van der Waals surface area contributed by atoms with Gasteiger partial charge in [-0.3, -0.25) is 14.3 Å². The summed E-state index contributed by atoms with van der Waals surface area (Å²) in [6.45, 7) is 4.77. The molecule has 1 aliphatic rings. The van der Waals surface area contributed by atoms with Crippen LogP contribution < -0.4 is 10.5 Å². The van der Waals surface area contributed by atoms with Gasteiger partial charge in [-0.1, -0.05) is 5.16 Å². The van der Waals surface area contributed by atoms with Gasteiger partial charge in [-0.25, -0.2) is 4.98 Å². The number of hydrogen-bond acceptors (Lipinski definition) is 7. The molecule has 0 unspecified atom stereocenters. The Labute approximate surface area is 150 Å². The summed E-state index contributed by atoms with van der Waals surface area (Å²) < 4.78 is 6.32. The zero-order chi connectivity index (χ0) is 17.9. The van der Waals surface area contributed by atoms with E-state index in [9.17, 15) is 4.79 Å². The largest absolute Gasteiger partial charge is 0.395 e. The molecule has 0 bridgehead atoms. The van der Waals surface area contributed by atoms with Gasteiger partial charge in [0.2, 0.25) is 0 Å². The minimum atomic E-state index is -0.117. The van der Waals surface area contributed by atoms with Crippen LogP contribution in [0.4, 0.5) is 5.69 Å². The highest BCUT2D eigenvalue weighted by Crippen LogP contribution is 2.21. The Hall–Kier alpha value is -2.71. The van der Waals surface area contributed by atoms with Crippen molar-refractivity contribution in [3.8, 4) is 0 Å². The van der Waals surface area contributed by atoms with Gasteiger partial charge in [-0.05, 0) is 18.2 Å². The first-order valence-corrected chi connectivity index (χ1v) is 8.70. The summed E-state index contributed by atoms with van der Waals surface area (Å²) in [7, 11) is 0. The van der Waals surface area contributed by atoms with Crippen LogP contribution in [0, 0.1) is 0 Å². The third-order valence-corrected chi connectivity index (χ3v) is 4.78. The van der Waals surface area contributed by atoms with Gasteiger partial charge in [-0.2, -0.15) is 0 Å². The Morgan fingerprint density at radius 3 is 2.77 bits per heavy atom. The number of nitrogens with zero attached hydrogens (tertiary/aromatic N) is 5. The number of rotatable bonds is 5. The lowest BCUT2D eigenvalue weighted by atomic mass is 10.2. The molecule has 1 fully saturated rings. The van der Waals surface area contributed by atoms with Crippen LogP contribution in [0.5, 0.6) is 0 Å². The summed E-state index contributed by atoms with van der Waals surface area (Å²) in [6.07, 6.45) is 4.94. The number of aromatic nitrogens is 3. The predicted octanol–water partition coefficient (Wildman–Crippen LogP) is 0.699. The number of hydrogen-bond donors (Lipinski definition) is 1. The highest BCUT2D eigenvalue weighted by Gasteiger charge is 2.18. The molecule has 26 heavy (non-hydrogen) atoms. The molecule has 3 heterocycles. The van der Waals surface area contributed by atoms with Crippen molar-refractivity contribution in [1.82, 2.24) is 19.6 Å². The molecule has 0 saturated carbocycles. The van der Waals surface area contributed by atoms with Crippen molar-refractivity contribution in [3.63, 3.8) is 0 Å². The first-order valence-electron chi connectivity index (χ1n) is 8.70. The average molecular weight is 355 g/mol. The topological polar surface area (TPSA) is 87.6 Å². The van der Waals surface area contributed by atoms with Crippen molar-refractivity contribution in [2.45, 2.75) is 13.1 Å². The van der Waals surface area contributed by atoms with E-state index in [0.717, 1.165) is 44.0 Å². The van der Waals surface area contributed by atoms with Gasteiger partial charge >= 0.3 is 0 Å². The van der Waals surface area contributed by atoms with Crippen molar-refractivity contribution in [2.24, 2.45) is 0 Å². The molecule has 2 aromatic heterocycles. The highest BCUT2D eigenvalue weighted by atomic mass is 16.5. The lowest BCUT2D eigenvalue weighted by molar-refractivity contribution is 0.249. The fourth-order valence-electron chi connectivity index (χ4n) is 3.34. The van der Waals surface area contributed by atoms with Gasteiger partial charge in [0.25, 0.3) is 5.56 Å². The lowest BCUT2D eigenvalue weighted by Gasteiger charge is -2.35. The summed E-state index contributed by atoms with van der Waals surface area (Å²) in [5.74, 6) is 0. The van der Waals surface area contributed by atoms with E-state index < -0.39 is 0 Å². The minimum Gasteiger partial charge on any atom is -0.395 e. The van der Waals surface area contributed by atoms with Crippen LogP contribution in [0.15, 0.2) is 46.3 Å². The molecular formula is C18H21N5O3. The second-order valence-corrected chi connectivity index (χ2v) is 6.46. The third kappa shape index (κ3) is 3.33. The van der Waals surface area contributed by atoms with Crippen LogP contribution in [0.1, 0.15) is 5.56 Å². The molecular weight excluding hydrogens is 334 g/mol. The number of aliphatic hydroxyl groups excluding tert-OH is 1. The van der Waals surface area contributed by atoms with Crippen molar-refractivity contribution >= 4 is 16.6 Å². The molecule has 0 atom stereocenters. The second kappa shape index (κ2) is 7.27. The van der Waals surface area contributed by atoms with Crippen LogP contribution in [0.25, 0.3) is 10.9 Å². The molecule has 1 aromatic carbocycles. The first-order chi connectivity index (χ1) is 12.7. The molecule has 8 nitrogen and oxygen atoms in total. The van der Waals surface area contributed by atoms with Gasteiger partial charge < -0.3 is 14.5 Å². The van der Waals surface area contributed by atoms with Gasteiger partial charge in [0.05, 0.1) is 36.6 Å². The number of aliphatic hydroxyl groups is 1. The number of piperazine rings is 1. The van der Waals surface area contributed by atoms with E-state index in [1.807, 2.05) is 18.2 Å². The highest BCUT2D eigenvalue weighted by molar-refractivity contribution is 5.81. The maximum Gasteiger partial charge on any atom is 0.261 e. The first kappa shape index (κ1) is 16.7. The Bertz CT molecular complexity index is 930. The van der Waals surface area contributed by atoms with Crippen LogP contribution in [0.3, 0.4) is 0 Å². The van der Waals surface area contributed by atoms with Crippen molar-refractivity contribution < 1.29 is 9.63 Å². The van der Waals surface area contributed by atoms with E-state index in [1.165, 1.54) is 10.9 Å². The van der Waals surface area contributed by atoms with Crippen LogP contribution in [0.2, 0.25) is 0 Å². The van der Waals surface area contributed by atoms with Crippen molar-refractivity contribution in [1.29, 1.82) is 0 Å². The summed E-state index contributed by atoms with van der Waals surface area (Å²) in [5, 5.41) is 13.3. The maximum absolute atomic E-state index is 12.4. The van der Waals surface area contributed by atoms with Crippen LogP contribution in [-0.4, -0.2) is 57.5 Å². The molecule has 0 radical (unpaired) electrons. The monoisotopic (exact) mass is 355 g/mol. The zero-order valence-electron chi connectivity index (χ0n) is 14.4. The Morgan fingerprint density at radius 1 is 1.19 bits per heavy atom.